The number of hydrogen-bond acceptors (Lipinski definition) is 5. The molecule has 6 rings (SSSR count). The molecular weight excluding hydrogens is 537 g/mol. The first-order valence-electron chi connectivity index (χ1n) is 13.1. The van der Waals surface area contributed by atoms with Gasteiger partial charge in [0.05, 0.1) is 16.6 Å². The van der Waals surface area contributed by atoms with Crippen molar-refractivity contribution in [2.75, 3.05) is 0 Å². The second-order valence-electron chi connectivity index (χ2n) is 9.58. The third kappa shape index (κ3) is 4.90. The summed E-state index contributed by atoms with van der Waals surface area (Å²) in [5, 5.41) is 13.6. The maximum atomic E-state index is 13.8. The number of aromatic carboxylic acids is 1. The number of rotatable bonds is 8. The molecule has 5 nitrogen and oxygen atoms in total. The Kier molecular flexibility index (Phi) is 7.15. The number of imidazole rings is 1. The Morgan fingerprint density at radius 3 is 2.15 bits per heavy atom. The van der Waals surface area contributed by atoms with Crippen LogP contribution in [0.4, 0.5) is 0 Å². The van der Waals surface area contributed by atoms with Gasteiger partial charge < -0.3 is 9.67 Å². The van der Waals surface area contributed by atoms with Crippen LogP contribution in [0, 0.1) is 0 Å². The summed E-state index contributed by atoms with van der Waals surface area (Å²) in [6, 6.07) is 26.9. The van der Waals surface area contributed by atoms with Gasteiger partial charge in [-0.1, -0.05) is 61.5 Å². The smallest absolute Gasteiger partial charge is 0.336 e. The summed E-state index contributed by atoms with van der Waals surface area (Å²) in [7, 11) is 0. The first-order chi connectivity index (χ1) is 19.5. The molecule has 0 bridgehead atoms. The van der Waals surface area contributed by atoms with Crippen molar-refractivity contribution in [2.45, 2.75) is 26.3 Å². The van der Waals surface area contributed by atoms with Crippen LogP contribution in [0.5, 0.6) is 0 Å². The molecule has 3 aromatic heterocycles. The fourth-order valence-electron chi connectivity index (χ4n) is 5.06. The summed E-state index contributed by atoms with van der Waals surface area (Å²) >= 11 is 3.12. The van der Waals surface area contributed by atoms with E-state index >= 15 is 0 Å². The van der Waals surface area contributed by atoms with Crippen LogP contribution in [0.15, 0.2) is 100 Å². The minimum atomic E-state index is -0.942. The molecule has 0 aliphatic rings. The lowest BCUT2D eigenvalue weighted by Gasteiger charge is -2.11. The van der Waals surface area contributed by atoms with E-state index in [9.17, 15) is 14.7 Å². The van der Waals surface area contributed by atoms with Crippen molar-refractivity contribution in [1.29, 1.82) is 0 Å². The number of nitrogens with zero attached hydrogens (tertiary/aromatic N) is 2. The molecule has 0 aliphatic heterocycles. The maximum absolute atomic E-state index is 13.8. The van der Waals surface area contributed by atoms with E-state index in [4.69, 9.17) is 4.98 Å². The van der Waals surface area contributed by atoms with E-state index in [-0.39, 0.29) is 11.0 Å². The van der Waals surface area contributed by atoms with Crippen molar-refractivity contribution >= 4 is 39.7 Å². The molecule has 0 spiro atoms. The van der Waals surface area contributed by atoms with Crippen molar-refractivity contribution in [3.8, 4) is 32.0 Å². The van der Waals surface area contributed by atoms with E-state index in [0.717, 1.165) is 50.6 Å². The molecule has 3 heterocycles. The van der Waals surface area contributed by atoms with Gasteiger partial charge in [-0.15, -0.1) is 22.7 Å². The fourth-order valence-corrected chi connectivity index (χ4v) is 6.53. The van der Waals surface area contributed by atoms with Crippen molar-refractivity contribution < 1.29 is 9.90 Å². The number of hydrogen-bond donors (Lipinski definition) is 1. The van der Waals surface area contributed by atoms with Gasteiger partial charge in [-0.2, -0.15) is 0 Å². The number of carbonyl (C=O) groups is 1. The maximum Gasteiger partial charge on any atom is 0.336 e. The Balaban J connectivity index is 1.49. The highest BCUT2D eigenvalue weighted by molar-refractivity contribution is 7.14. The number of benzene rings is 2. The number of aromatic nitrogens is 2. The Morgan fingerprint density at radius 1 is 0.850 bits per heavy atom. The Bertz CT molecular complexity index is 1870. The predicted molar refractivity (Wildman–Crippen MR) is 165 cm³/mol. The van der Waals surface area contributed by atoms with Gasteiger partial charge >= 0.3 is 5.97 Å². The fraction of sp³-hybridized carbons (Fsp3) is 0.121. The van der Waals surface area contributed by atoms with E-state index in [1.165, 1.54) is 0 Å². The van der Waals surface area contributed by atoms with E-state index in [1.54, 1.807) is 34.8 Å². The van der Waals surface area contributed by atoms with E-state index in [2.05, 4.69) is 11.5 Å². The molecule has 7 heteroatoms. The van der Waals surface area contributed by atoms with Gasteiger partial charge in [0.15, 0.2) is 5.43 Å². The lowest BCUT2D eigenvalue weighted by atomic mass is 9.99. The molecule has 0 amide bonds. The molecule has 0 radical (unpaired) electrons. The number of carboxylic acids is 1. The van der Waals surface area contributed by atoms with Crippen molar-refractivity contribution in [3.63, 3.8) is 0 Å². The van der Waals surface area contributed by atoms with Crippen LogP contribution in [-0.2, 0) is 13.0 Å². The average Bonchev–Trinajstić information content (AvgIpc) is 3.73. The molecule has 6 aromatic rings. The summed E-state index contributed by atoms with van der Waals surface area (Å²) in [6.45, 7) is 2.73. The Hall–Kier alpha value is -4.33. The highest BCUT2D eigenvalue weighted by Crippen LogP contribution is 2.31. The quantitative estimate of drug-likeness (QED) is 0.203. The largest absolute Gasteiger partial charge is 0.478 e. The first-order valence-corrected chi connectivity index (χ1v) is 14.9. The van der Waals surface area contributed by atoms with Gasteiger partial charge in [0.1, 0.15) is 5.82 Å². The Morgan fingerprint density at radius 2 is 1.52 bits per heavy atom. The van der Waals surface area contributed by atoms with Gasteiger partial charge in [-0.25, -0.2) is 9.78 Å². The average molecular weight is 563 g/mol. The Labute approximate surface area is 239 Å². The van der Waals surface area contributed by atoms with Gasteiger partial charge in [0, 0.05) is 33.8 Å². The van der Waals surface area contributed by atoms with Crippen LogP contribution in [0.25, 0.3) is 43.0 Å². The minimum absolute atomic E-state index is 0.00735. The van der Waals surface area contributed by atoms with Crippen LogP contribution < -0.4 is 5.43 Å². The van der Waals surface area contributed by atoms with Crippen LogP contribution >= 0.6 is 22.7 Å². The standard InChI is InChI=1S/C33H26N2O3S2/c1-2-7-31-34-27-18-25(29-10-5-16-39-29)32(36)26(30-11-6-17-40-30)19-28(27)35(31)20-21-12-14-22(15-13-21)23-8-3-4-9-24(23)33(37)38/h3-6,8-19H,2,7,20H2,1H3,(H,37,38). The molecule has 3 aromatic carbocycles. The van der Waals surface area contributed by atoms with Gasteiger partial charge in [0.2, 0.25) is 0 Å². The van der Waals surface area contributed by atoms with Crippen LogP contribution in [0.2, 0.25) is 0 Å². The highest BCUT2D eigenvalue weighted by Gasteiger charge is 2.18. The summed E-state index contributed by atoms with van der Waals surface area (Å²) in [5.41, 5.74) is 5.98. The molecule has 40 heavy (non-hydrogen) atoms. The second-order valence-corrected chi connectivity index (χ2v) is 11.5. The molecule has 0 unspecified atom stereocenters. The van der Waals surface area contributed by atoms with Gasteiger partial charge in [-0.05, 0) is 64.2 Å². The van der Waals surface area contributed by atoms with E-state index in [0.29, 0.717) is 23.2 Å². The SMILES string of the molecule is CCCc1nc2cc(-c3cccs3)c(=O)c(-c3cccs3)cc2n1Cc1ccc(-c2ccccc2C(=O)O)cc1. The van der Waals surface area contributed by atoms with Crippen LogP contribution in [0.3, 0.4) is 0 Å². The van der Waals surface area contributed by atoms with Crippen molar-refractivity contribution in [3.05, 3.63) is 123 Å². The van der Waals surface area contributed by atoms with Crippen LogP contribution in [0.1, 0.15) is 35.1 Å². The predicted octanol–water partition coefficient (Wildman–Crippen LogP) is 8.22. The zero-order valence-electron chi connectivity index (χ0n) is 21.8. The number of carboxylic acid groups (broad SMARTS) is 1. The highest BCUT2D eigenvalue weighted by atomic mass is 32.1. The lowest BCUT2D eigenvalue weighted by molar-refractivity contribution is 0.0697. The molecule has 0 fully saturated rings. The summed E-state index contributed by atoms with van der Waals surface area (Å²) < 4.78 is 2.22. The van der Waals surface area contributed by atoms with E-state index in [1.807, 2.05) is 83.6 Å². The third-order valence-electron chi connectivity index (χ3n) is 6.98. The molecule has 198 valence electrons. The lowest BCUT2D eigenvalue weighted by Crippen LogP contribution is -2.06. The van der Waals surface area contributed by atoms with Crippen LogP contribution in [-0.4, -0.2) is 20.6 Å². The number of fused-ring (bicyclic) bond motifs is 1. The zero-order valence-corrected chi connectivity index (χ0v) is 23.5. The monoisotopic (exact) mass is 562 g/mol. The molecular formula is C33H26N2O3S2. The molecule has 0 aliphatic carbocycles. The number of aryl methyl sites for hydroxylation is 1. The zero-order chi connectivity index (χ0) is 27.6. The molecule has 1 N–H and O–H groups in total. The summed E-state index contributed by atoms with van der Waals surface area (Å²) in [5.74, 6) is 0.0357. The normalized spacial score (nSPS) is 11.2. The molecule has 0 saturated carbocycles. The second kappa shape index (κ2) is 11.0. The van der Waals surface area contributed by atoms with E-state index < -0.39 is 5.97 Å². The van der Waals surface area contributed by atoms with Gasteiger partial charge in [-0.3, -0.25) is 4.79 Å². The first kappa shape index (κ1) is 25.9. The number of thiophene rings is 2. The third-order valence-corrected chi connectivity index (χ3v) is 8.78. The summed E-state index contributed by atoms with van der Waals surface area (Å²) in [6.07, 6.45) is 1.76. The van der Waals surface area contributed by atoms with Crippen molar-refractivity contribution in [1.82, 2.24) is 9.55 Å². The minimum Gasteiger partial charge on any atom is -0.478 e. The van der Waals surface area contributed by atoms with Gasteiger partial charge in [0.25, 0.3) is 0 Å². The van der Waals surface area contributed by atoms with Crippen molar-refractivity contribution in [2.24, 2.45) is 0 Å². The molecule has 0 saturated heterocycles. The molecule has 0 atom stereocenters. The topological polar surface area (TPSA) is 72.2 Å². The summed E-state index contributed by atoms with van der Waals surface area (Å²) in [4.78, 5) is 32.5.